The quantitative estimate of drug-likeness (QED) is 0.378. The molecule has 4 nitrogen and oxygen atoms in total. The molecule has 31 heavy (non-hydrogen) atoms. The maximum absolute atomic E-state index is 13.4. The van der Waals surface area contributed by atoms with Gasteiger partial charge in [-0.3, -0.25) is 0 Å². The van der Waals surface area contributed by atoms with Crippen LogP contribution in [0.3, 0.4) is 0 Å². The number of ether oxygens (including phenoxy) is 3. The van der Waals surface area contributed by atoms with E-state index in [1.54, 1.807) is 26.4 Å². The zero-order valence-corrected chi connectivity index (χ0v) is 18.3. The van der Waals surface area contributed by atoms with Crippen LogP contribution in [0.25, 0.3) is 11.1 Å². The zero-order chi connectivity index (χ0) is 22.1. The fourth-order valence-corrected chi connectivity index (χ4v) is 3.42. The molecular formula is C26H30FNO3. The van der Waals surface area contributed by atoms with Gasteiger partial charge in [0.05, 0.1) is 0 Å². The van der Waals surface area contributed by atoms with Crippen LogP contribution >= 0.6 is 0 Å². The van der Waals surface area contributed by atoms with Crippen molar-refractivity contribution in [2.45, 2.75) is 18.8 Å². The highest BCUT2D eigenvalue weighted by Crippen LogP contribution is 2.28. The minimum absolute atomic E-state index is 0.200. The monoisotopic (exact) mass is 423 g/mol. The molecule has 0 radical (unpaired) electrons. The van der Waals surface area contributed by atoms with Crippen molar-refractivity contribution in [3.63, 3.8) is 0 Å². The molecule has 0 spiro atoms. The number of nitrogens with zero attached hydrogens (tertiary/aromatic N) is 1. The first kappa shape index (κ1) is 22.9. The van der Waals surface area contributed by atoms with Gasteiger partial charge in [-0.05, 0) is 48.0 Å². The van der Waals surface area contributed by atoms with Crippen LogP contribution < -0.4 is 4.74 Å². The number of likely N-dealkylation sites (N-methyl/N-ethyl adjacent to an activating group) is 1. The standard InChI is InChI=1S/C26H30FNO3/c1-28(19-26(29-2)30-3)18-17-25(22-9-13-23(27)14-10-22)31-24-15-11-21(12-16-24)20-7-5-4-6-8-20/h4-16,25-26H,17-19H2,1-3H3. The van der Waals surface area contributed by atoms with Gasteiger partial charge < -0.3 is 19.1 Å². The molecule has 3 aromatic rings. The van der Waals surface area contributed by atoms with Gasteiger partial charge in [-0.15, -0.1) is 0 Å². The molecule has 0 saturated heterocycles. The fraction of sp³-hybridized carbons (Fsp3) is 0.308. The van der Waals surface area contributed by atoms with Gasteiger partial charge in [0.1, 0.15) is 17.7 Å². The van der Waals surface area contributed by atoms with Crippen LogP contribution in [0.4, 0.5) is 4.39 Å². The summed E-state index contributed by atoms with van der Waals surface area (Å²) in [6, 6.07) is 24.8. The number of rotatable bonds is 11. The van der Waals surface area contributed by atoms with E-state index in [4.69, 9.17) is 14.2 Å². The van der Waals surface area contributed by atoms with Crippen LogP contribution in [0.15, 0.2) is 78.9 Å². The second kappa shape index (κ2) is 11.6. The van der Waals surface area contributed by atoms with Gasteiger partial charge in [0.2, 0.25) is 0 Å². The van der Waals surface area contributed by atoms with Crippen molar-refractivity contribution in [2.75, 3.05) is 34.4 Å². The molecule has 0 bridgehead atoms. The lowest BCUT2D eigenvalue weighted by Gasteiger charge is -2.25. The van der Waals surface area contributed by atoms with E-state index < -0.39 is 0 Å². The molecule has 1 unspecified atom stereocenters. The van der Waals surface area contributed by atoms with Crippen molar-refractivity contribution in [1.29, 1.82) is 0 Å². The Morgan fingerprint density at radius 2 is 1.42 bits per heavy atom. The van der Waals surface area contributed by atoms with Gasteiger partial charge in [-0.1, -0.05) is 54.6 Å². The SMILES string of the molecule is COC(CN(C)CCC(Oc1ccc(-c2ccccc2)cc1)c1ccc(F)cc1)OC. The largest absolute Gasteiger partial charge is 0.486 e. The van der Waals surface area contributed by atoms with Crippen molar-refractivity contribution < 1.29 is 18.6 Å². The third kappa shape index (κ3) is 6.89. The molecule has 0 amide bonds. The Morgan fingerprint density at radius 1 is 0.806 bits per heavy atom. The zero-order valence-electron chi connectivity index (χ0n) is 18.3. The number of methoxy groups -OCH3 is 2. The Morgan fingerprint density at radius 3 is 2.03 bits per heavy atom. The van der Waals surface area contributed by atoms with E-state index >= 15 is 0 Å². The third-order valence-electron chi connectivity index (χ3n) is 5.24. The molecule has 0 N–H and O–H groups in total. The molecule has 3 rings (SSSR count). The van der Waals surface area contributed by atoms with Gasteiger partial charge in [0.15, 0.2) is 6.29 Å². The van der Waals surface area contributed by atoms with Crippen molar-refractivity contribution in [2.24, 2.45) is 0 Å². The minimum atomic E-state index is -0.277. The summed E-state index contributed by atoms with van der Waals surface area (Å²) in [6.45, 7) is 1.42. The van der Waals surface area contributed by atoms with Gasteiger partial charge in [0, 0.05) is 33.7 Å². The second-order valence-corrected chi connectivity index (χ2v) is 7.50. The second-order valence-electron chi connectivity index (χ2n) is 7.50. The normalized spacial score (nSPS) is 12.3. The Kier molecular flexibility index (Phi) is 8.59. The Balaban J connectivity index is 1.70. The van der Waals surface area contributed by atoms with Crippen LogP contribution in [0.5, 0.6) is 5.75 Å². The molecule has 0 aromatic heterocycles. The van der Waals surface area contributed by atoms with E-state index in [0.29, 0.717) is 6.54 Å². The maximum atomic E-state index is 13.4. The Hall–Kier alpha value is -2.73. The van der Waals surface area contributed by atoms with Gasteiger partial charge in [-0.25, -0.2) is 4.39 Å². The molecule has 0 saturated carbocycles. The van der Waals surface area contributed by atoms with E-state index in [1.165, 1.54) is 12.1 Å². The molecule has 0 fully saturated rings. The summed E-state index contributed by atoms with van der Waals surface area (Å²) in [7, 11) is 5.28. The molecule has 0 aliphatic heterocycles. The van der Waals surface area contributed by atoms with E-state index in [9.17, 15) is 4.39 Å². The lowest BCUT2D eigenvalue weighted by atomic mass is 10.0. The summed E-state index contributed by atoms with van der Waals surface area (Å²) in [5.74, 6) is 0.526. The van der Waals surface area contributed by atoms with E-state index in [2.05, 4.69) is 29.2 Å². The molecule has 0 heterocycles. The van der Waals surface area contributed by atoms with Gasteiger partial charge in [-0.2, -0.15) is 0 Å². The smallest absolute Gasteiger partial charge is 0.169 e. The first-order valence-electron chi connectivity index (χ1n) is 10.4. The van der Waals surface area contributed by atoms with Crippen LogP contribution in [-0.2, 0) is 9.47 Å². The van der Waals surface area contributed by atoms with Crippen molar-refractivity contribution in [1.82, 2.24) is 4.90 Å². The predicted molar refractivity (Wildman–Crippen MR) is 122 cm³/mol. The number of halogens is 1. The van der Waals surface area contributed by atoms with Crippen LogP contribution in [0.2, 0.25) is 0 Å². The molecular weight excluding hydrogens is 393 g/mol. The van der Waals surface area contributed by atoms with Crippen LogP contribution in [-0.4, -0.2) is 45.5 Å². The summed E-state index contributed by atoms with van der Waals surface area (Å²) in [5, 5.41) is 0. The van der Waals surface area contributed by atoms with E-state index in [-0.39, 0.29) is 18.2 Å². The van der Waals surface area contributed by atoms with Crippen molar-refractivity contribution in [3.05, 3.63) is 90.2 Å². The summed E-state index contributed by atoms with van der Waals surface area (Å²) >= 11 is 0. The highest BCUT2D eigenvalue weighted by atomic mass is 19.1. The molecule has 3 aromatic carbocycles. The van der Waals surface area contributed by atoms with Gasteiger partial charge in [0.25, 0.3) is 0 Å². The molecule has 0 aliphatic rings. The van der Waals surface area contributed by atoms with E-state index in [0.717, 1.165) is 35.4 Å². The summed E-state index contributed by atoms with van der Waals surface area (Å²) in [5.41, 5.74) is 3.24. The predicted octanol–water partition coefficient (Wildman–Crippen LogP) is 5.55. The van der Waals surface area contributed by atoms with E-state index in [1.807, 2.05) is 37.4 Å². The Labute approximate surface area is 184 Å². The van der Waals surface area contributed by atoms with Crippen molar-refractivity contribution >= 4 is 0 Å². The number of hydrogen-bond donors (Lipinski definition) is 0. The topological polar surface area (TPSA) is 30.9 Å². The first-order chi connectivity index (χ1) is 15.1. The fourth-order valence-electron chi connectivity index (χ4n) is 3.42. The summed E-state index contributed by atoms with van der Waals surface area (Å²) in [6.07, 6.45) is 0.262. The maximum Gasteiger partial charge on any atom is 0.169 e. The molecule has 0 aliphatic carbocycles. The van der Waals surface area contributed by atoms with Crippen LogP contribution in [0, 0.1) is 5.82 Å². The summed E-state index contributed by atoms with van der Waals surface area (Å²) in [4.78, 5) is 2.13. The highest BCUT2D eigenvalue weighted by molar-refractivity contribution is 5.63. The highest BCUT2D eigenvalue weighted by Gasteiger charge is 2.17. The lowest BCUT2D eigenvalue weighted by Crippen LogP contribution is -2.33. The molecule has 1 atom stereocenters. The molecule has 5 heteroatoms. The first-order valence-corrected chi connectivity index (χ1v) is 10.4. The number of hydrogen-bond acceptors (Lipinski definition) is 4. The average molecular weight is 424 g/mol. The summed E-state index contributed by atoms with van der Waals surface area (Å²) < 4.78 is 30.3. The minimum Gasteiger partial charge on any atom is -0.486 e. The lowest BCUT2D eigenvalue weighted by molar-refractivity contribution is -0.114. The van der Waals surface area contributed by atoms with Crippen LogP contribution in [0.1, 0.15) is 18.1 Å². The average Bonchev–Trinajstić information content (AvgIpc) is 2.81. The Bertz CT molecular complexity index is 896. The van der Waals surface area contributed by atoms with Crippen molar-refractivity contribution in [3.8, 4) is 16.9 Å². The number of benzene rings is 3. The van der Waals surface area contributed by atoms with Gasteiger partial charge >= 0.3 is 0 Å². The third-order valence-corrected chi connectivity index (χ3v) is 5.24. The molecule has 164 valence electrons.